The largest absolute Gasteiger partial charge is 0.447 e. The van der Waals surface area contributed by atoms with Crippen molar-refractivity contribution >= 4 is 46.5 Å². The summed E-state index contributed by atoms with van der Waals surface area (Å²) in [5.41, 5.74) is 4.22. The lowest BCUT2D eigenvalue weighted by molar-refractivity contribution is -0.111. The molecule has 11 nitrogen and oxygen atoms in total. The van der Waals surface area contributed by atoms with Crippen molar-refractivity contribution in [3.8, 4) is 0 Å². The number of ether oxygens (including phenoxy) is 2. The van der Waals surface area contributed by atoms with E-state index in [4.69, 9.17) is 9.47 Å². The van der Waals surface area contributed by atoms with Crippen LogP contribution in [0.15, 0.2) is 61.3 Å². The summed E-state index contributed by atoms with van der Waals surface area (Å²) in [4.78, 5) is 36.3. The van der Waals surface area contributed by atoms with Gasteiger partial charge in [0.25, 0.3) is 0 Å². The minimum Gasteiger partial charge on any atom is -0.447 e. The second-order valence-electron chi connectivity index (χ2n) is 10.8. The van der Waals surface area contributed by atoms with Gasteiger partial charge in [-0.2, -0.15) is 4.98 Å². The van der Waals surface area contributed by atoms with Crippen molar-refractivity contribution in [2.24, 2.45) is 5.92 Å². The van der Waals surface area contributed by atoms with Crippen LogP contribution in [-0.2, 0) is 14.3 Å². The summed E-state index contributed by atoms with van der Waals surface area (Å²) >= 11 is 0. The monoisotopic (exact) mass is 589 g/mol. The third-order valence-electron chi connectivity index (χ3n) is 7.47. The molecule has 5 rings (SSSR count). The van der Waals surface area contributed by atoms with E-state index >= 15 is 0 Å². The van der Waals surface area contributed by atoms with Gasteiger partial charge in [0, 0.05) is 24.5 Å². The number of carbonyl (C=O) groups is 2. The molecule has 0 unspecified atom stereocenters. The van der Waals surface area contributed by atoms with Gasteiger partial charge >= 0.3 is 6.09 Å². The normalized spacial score (nSPS) is 17.4. The number of carbonyl (C=O) groups excluding carboxylic acids is 2. The van der Waals surface area contributed by atoms with E-state index in [1.807, 2.05) is 63.2 Å². The number of rotatable bonds is 10. The predicted molar refractivity (Wildman–Crippen MR) is 165 cm³/mol. The highest BCUT2D eigenvalue weighted by molar-refractivity contribution is 6.01. The standard InChI is InChI=1S/C31H36FN7O4/c1-5-28(40)36-25-16-23(10-11-26(25)38-12-14-42-15-13-38)35-22-8-6-21(7-9-22)20(4)34-30-33-17-24(32)29(37-30)39-27(19(2)3)18-43-31(39)41/h5-11,16-17,19-20,27,35H,1,12-15,18H2,2-4H3,(H,36,40)(H,33,34,37)/t20-,27+/m0/s1. The van der Waals surface area contributed by atoms with Gasteiger partial charge in [-0.3, -0.25) is 9.69 Å². The molecule has 226 valence electrons. The molecule has 2 atom stereocenters. The number of halogens is 1. The van der Waals surface area contributed by atoms with Crippen LogP contribution >= 0.6 is 0 Å². The van der Waals surface area contributed by atoms with Gasteiger partial charge in [-0.1, -0.05) is 32.6 Å². The van der Waals surface area contributed by atoms with E-state index in [-0.39, 0.29) is 42.3 Å². The zero-order chi connectivity index (χ0) is 30.5. The Bertz CT molecular complexity index is 1480. The first-order chi connectivity index (χ1) is 20.7. The lowest BCUT2D eigenvalue weighted by Crippen LogP contribution is -2.38. The summed E-state index contributed by atoms with van der Waals surface area (Å²) in [5, 5.41) is 9.50. The second kappa shape index (κ2) is 13.1. The predicted octanol–water partition coefficient (Wildman–Crippen LogP) is 5.47. The Morgan fingerprint density at radius 2 is 1.84 bits per heavy atom. The van der Waals surface area contributed by atoms with Crippen molar-refractivity contribution in [1.82, 2.24) is 9.97 Å². The van der Waals surface area contributed by atoms with E-state index in [0.717, 1.165) is 41.9 Å². The molecule has 0 saturated carbocycles. The van der Waals surface area contributed by atoms with Crippen LogP contribution in [0.25, 0.3) is 0 Å². The fourth-order valence-corrected chi connectivity index (χ4v) is 5.04. The van der Waals surface area contributed by atoms with Crippen molar-refractivity contribution in [2.75, 3.05) is 58.7 Å². The van der Waals surface area contributed by atoms with Gasteiger partial charge in [0.1, 0.15) is 6.61 Å². The number of nitrogens with one attached hydrogen (secondary N) is 3. The molecule has 2 aliphatic rings. The average Bonchev–Trinajstić information content (AvgIpc) is 3.40. The molecule has 0 bridgehead atoms. The Labute approximate surface area is 250 Å². The summed E-state index contributed by atoms with van der Waals surface area (Å²) in [5.74, 6) is -0.821. The number of benzene rings is 2. The molecule has 3 aromatic rings. The highest BCUT2D eigenvalue weighted by Crippen LogP contribution is 2.32. The smallest absolute Gasteiger partial charge is 0.416 e. The van der Waals surface area contributed by atoms with Crippen LogP contribution in [0.4, 0.5) is 43.7 Å². The average molecular weight is 590 g/mol. The highest BCUT2D eigenvalue weighted by Gasteiger charge is 2.39. The molecule has 2 amide bonds. The molecular formula is C31H36FN7O4. The van der Waals surface area contributed by atoms with Gasteiger partial charge in [-0.05, 0) is 54.8 Å². The Kier molecular flexibility index (Phi) is 9.05. The van der Waals surface area contributed by atoms with Crippen LogP contribution in [0.2, 0.25) is 0 Å². The van der Waals surface area contributed by atoms with E-state index in [0.29, 0.717) is 18.9 Å². The van der Waals surface area contributed by atoms with E-state index in [9.17, 15) is 14.0 Å². The lowest BCUT2D eigenvalue weighted by Gasteiger charge is -2.30. The van der Waals surface area contributed by atoms with Crippen molar-refractivity contribution in [3.63, 3.8) is 0 Å². The first-order valence-corrected chi connectivity index (χ1v) is 14.3. The van der Waals surface area contributed by atoms with Crippen LogP contribution < -0.4 is 25.8 Å². The molecule has 0 radical (unpaired) electrons. The summed E-state index contributed by atoms with van der Waals surface area (Å²) in [6.07, 6.45) is 1.69. The summed E-state index contributed by atoms with van der Waals surface area (Å²) in [6.45, 7) is 12.3. The zero-order valence-corrected chi connectivity index (χ0v) is 24.5. The first-order valence-electron chi connectivity index (χ1n) is 14.3. The van der Waals surface area contributed by atoms with E-state index in [2.05, 4.69) is 37.4 Å². The molecule has 0 aliphatic carbocycles. The van der Waals surface area contributed by atoms with Crippen LogP contribution in [0, 0.1) is 11.7 Å². The third-order valence-corrected chi connectivity index (χ3v) is 7.47. The van der Waals surface area contributed by atoms with Gasteiger partial charge in [0.05, 0.1) is 42.9 Å². The molecule has 3 heterocycles. The van der Waals surface area contributed by atoms with Gasteiger partial charge in [0.2, 0.25) is 11.9 Å². The molecule has 2 saturated heterocycles. The minimum atomic E-state index is -0.691. The maximum Gasteiger partial charge on any atom is 0.416 e. The molecule has 3 N–H and O–H groups in total. The van der Waals surface area contributed by atoms with E-state index in [1.54, 1.807) is 0 Å². The van der Waals surface area contributed by atoms with Crippen LogP contribution in [-0.4, -0.2) is 60.9 Å². The number of cyclic esters (lactones) is 1. The number of hydrogen-bond donors (Lipinski definition) is 3. The van der Waals surface area contributed by atoms with Crippen molar-refractivity contribution < 1.29 is 23.5 Å². The number of anilines is 6. The molecule has 12 heteroatoms. The molecule has 0 spiro atoms. The van der Waals surface area contributed by atoms with Crippen molar-refractivity contribution in [2.45, 2.75) is 32.9 Å². The molecular weight excluding hydrogens is 553 g/mol. The van der Waals surface area contributed by atoms with Crippen LogP contribution in [0.3, 0.4) is 0 Å². The van der Waals surface area contributed by atoms with Gasteiger partial charge in [0.15, 0.2) is 11.6 Å². The maximum absolute atomic E-state index is 14.7. The molecule has 2 fully saturated rings. The minimum absolute atomic E-state index is 0.0588. The lowest BCUT2D eigenvalue weighted by atomic mass is 10.0. The Balaban J connectivity index is 1.28. The highest BCUT2D eigenvalue weighted by atomic mass is 19.1. The van der Waals surface area contributed by atoms with Crippen molar-refractivity contribution in [1.29, 1.82) is 0 Å². The fourth-order valence-electron chi connectivity index (χ4n) is 5.04. The van der Waals surface area contributed by atoms with E-state index in [1.165, 1.54) is 11.0 Å². The molecule has 2 aliphatic heterocycles. The summed E-state index contributed by atoms with van der Waals surface area (Å²) < 4.78 is 25.3. The number of hydrogen-bond acceptors (Lipinski definition) is 9. The van der Waals surface area contributed by atoms with Gasteiger partial charge in [-0.25, -0.2) is 14.2 Å². The maximum atomic E-state index is 14.7. The number of morpholine rings is 1. The second-order valence-corrected chi connectivity index (χ2v) is 10.8. The molecule has 2 aromatic carbocycles. The Hall–Kier alpha value is -4.71. The number of amides is 2. The van der Waals surface area contributed by atoms with E-state index < -0.39 is 11.9 Å². The molecule has 1 aromatic heterocycles. The fraction of sp³-hybridized carbons (Fsp3) is 0.355. The van der Waals surface area contributed by atoms with Crippen molar-refractivity contribution in [3.05, 3.63) is 72.7 Å². The van der Waals surface area contributed by atoms with Gasteiger partial charge in [-0.15, -0.1) is 0 Å². The summed E-state index contributed by atoms with van der Waals surface area (Å²) in [6, 6.07) is 13.1. The van der Waals surface area contributed by atoms with Crippen LogP contribution in [0.1, 0.15) is 32.4 Å². The SMILES string of the molecule is C=CC(=O)Nc1cc(Nc2ccc([C@H](C)Nc3ncc(F)c(N4C(=O)OC[C@@H]4C(C)C)n3)cc2)ccc1N1CCOCC1. The van der Waals surface area contributed by atoms with Crippen LogP contribution in [0.5, 0.6) is 0 Å². The molecule has 43 heavy (non-hydrogen) atoms. The zero-order valence-electron chi connectivity index (χ0n) is 24.5. The number of nitrogens with zero attached hydrogens (tertiary/aromatic N) is 4. The Morgan fingerprint density at radius 1 is 1.12 bits per heavy atom. The third kappa shape index (κ3) is 6.86. The quantitative estimate of drug-likeness (QED) is 0.264. The summed E-state index contributed by atoms with van der Waals surface area (Å²) in [7, 11) is 0. The first kappa shape index (κ1) is 29.8. The topological polar surface area (TPSA) is 121 Å². The Morgan fingerprint density at radius 3 is 2.53 bits per heavy atom. The van der Waals surface area contributed by atoms with Gasteiger partial charge < -0.3 is 30.3 Å². The number of aromatic nitrogens is 2.